The number of aliphatic hydroxyl groups excluding tert-OH is 1. The second kappa shape index (κ2) is 9.39. The van der Waals surface area contributed by atoms with Gasteiger partial charge in [-0.1, -0.05) is 5.21 Å². The third kappa shape index (κ3) is 4.38. The van der Waals surface area contributed by atoms with Gasteiger partial charge in [0.25, 0.3) is 0 Å². The molecule has 0 amide bonds. The Kier molecular flexibility index (Phi) is 5.79. The molecule has 0 radical (unpaired) electrons. The number of nitrogens with zero attached hydrogens (tertiary/aromatic N) is 12. The Morgan fingerprint density at radius 3 is 2.67 bits per heavy atom. The lowest BCUT2D eigenvalue weighted by atomic mass is 10.2. The van der Waals surface area contributed by atoms with Gasteiger partial charge in [-0.05, 0) is 0 Å². The van der Waals surface area contributed by atoms with E-state index in [1.54, 1.807) is 45.0 Å². The van der Waals surface area contributed by atoms with Gasteiger partial charge in [0, 0.05) is 61.6 Å². The molecule has 0 aromatic carbocycles. The fourth-order valence-electron chi connectivity index (χ4n) is 4.15. The van der Waals surface area contributed by atoms with Gasteiger partial charge in [-0.25, -0.2) is 24.6 Å². The fourth-order valence-corrected chi connectivity index (χ4v) is 4.15. The molecule has 0 aliphatic carbocycles. The van der Waals surface area contributed by atoms with Crippen molar-refractivity contribution in [1.82, 2.24) is 54.5 Å². The van der Waals surface area contributed by atoms with E-state index in [9.17, 15) is 0 Å². The van der Waals surface area contributed by atoms with Crippen molar-refractivity contribution < 1.29 is 9.84 Å². The summed E-state index contributed by atoms with van der Waals surface area (Å²) in [4.78, 5) is 20.4. The van der Waals surface area contributed by atoms with E-state index in [0.29, 0.717) is 55.7 Å². The lowest BCUT2D eigenvalue weighted by Gasteiger charge is -2.32. The molecular formula is C22H24N12O2. The Morgan fingerprint density at radius 2 is 1.86 bits per heavy atom. The van der Waals surface area contributed by atoms with E-state index in [2.05, 4.69) is 40.4 Å². The minimum absolute atomic E-state index is 0.0391. The van der Waals surface area contributed by atoms with E-state index in [1.165, 1.54) is 0 Å². The first kappa shape index (κ1) is 22.2. The molecule has 0 spiro atoms. The molecule has 1 aliphatic rings. The van der Waals surface area contributed by atoms with E-state index >= 15 is 0 Å². The summed E-state index contributed by atoms with van der Waals surface area (Å²) >= 11 is 0. The van der Waals surface area contributed by atoms with E-state index in [4.69, 9.17) is 14.8 Å². The van der Waals surface area contributed by atoms with Crippen LogP contribution in [0.4, 0.5) is 5.95 Å². The summed E-state index contributed by atoms with van der Waals surface area (Å²) in [6.07, 6.45) is 12.3. The highest BCUT2D eigenvalue weighted by Gasteiger charge is 2.24. The van der Waals surface area contributed by atoms with Crippen molar-refractivity contribution in [1.29, 1.82) is 0 Å². The average molecular weight is 489 g/mol. The molecule has 14 heteroatoms. The van der Waals surface area contributed by atoms with Gasteiger partial charge in [0.05, 0.1) is 56.7 Å². The molecule has 1 N–H and O–H groups in total. The first-order valence-electron chi connectivity index (χ1n) is 11.5. The quantitative estimate of drug-likeness (QED) is 0.334. The minimum atomic E-state index is -0.146. The second-order valence-electron chi connectivity index (χ2n) is 8.50. The van der Waals surface area contributed by atoms with Crippen LogP contribution in [0.2, 0.25) is 0 Å². The van der Waals surface area contributed by atoms with Crippen LogP contribution in [0.3, 0.4) is 0 Å². The first-order valence-corrected chi connectivity index (χ1v) is 11.5. The third-order valence-electron chi connectivity index (χ3n) is 5.96. The SMILES string of the molecule is Cn1cc(-c2cnc3nnn(C[C@@H]4CN(c5ncc(-c6cnn(CCO)c6)cn5)CCO4)c3n2)cn1. The van der Waals surface area contributed by atoms with Crippen LogP contribution in [-0.4, -0.2) is 92.0 Å². The number of aromatic nitrogens is 11. The molecule has 0 bridgehead atoms. The summed E-state index contributed by atoms with van der Waals surface area (Å²) in [6, 6.07) is 0. The van der Waals surface area contributed by atoms with Crippen LogP contribution < -0.4 is 4.90 Å². The van der Waals surface area contributed by atoms with Gasteiger partial charge in [-0.15, -0.1) is 5.10 Å². The third-order valence-corrected chi connectivity index (χ3v) is 5.96. The largest absolute Gasteiger partial charge is 0.394 e. The van der Waals surface area contributed by atoms with E-state index in [1.807, 2.05) is 19.4 Å². The summed E-state index contributed by atoms with van der Waals surface area (Å²) in [5, 5.41) is 25.9. The van der Waals surface area contributed by atoms with Crippen molar-refractivity contribution in [2.75, 3.05) is 31.2 Å². The Hall–Kier alpha value is -4.30. The van der Waals surface area contributed by atoms with Crippen molar-refractivity contribution in [3.05, 3.63) is 43.4 Å². The Morgan fingerprint density at radius 1 is 1.00 bits per heavy atom. The van der Waals surface area contributed by atoms with Crippen LogP contribution in [0.5, 0.6) is 0 Å². The molecule has 36 heavy (non-hydrogen) atoms. The normalized spacial score (nSPS) is 16.2. The van der Waals surface area contributed by atoms with Crippen molar-refractivity contribution in [2.45, 2.75) is 19.2 Å². The molecular weight excluding hydrogens is 464 g/mol. The minimum Gasteiger partial charge on any atom is -0.394 e. The fraction of sp³-hybridized carbons (Fsp3) is 0.364. The number of anilines is 1. The van der Waals surface area contributed by atoms with Crippen LogP contribution in [0.1, 0.15) is 0 Å². The Balaban J connectivity index is 1.16. The van der Waals surface area contributed by atoms with E-state index < -0.39 is 0 Å². The summed E-state index contributed by atoms with van der Waals surface area (Å²) in [5.41, 5.74) is 4.43. The van der Waals surface area contributed by atoms with Crippen LogP contribution in [0.25, 0.3) is 33.7 Å². The highest BCUT2D eigenvalue weighted by Crippen LogP contribution is 2.21. The Bertz CT molecular complexity index is 1470. The van der Waals surface area contributed by atoms with Gasteiger partial charge < -0.3 is 14.7 Å². The Labute approximate surface area is 205 Å². The van der Waals surface area contributed by atoms with Crippen LogP contribution in [0, 0.1) is 0 Å². The molecule has 1 saturated heterocycles. The summed E-state index contributed by atoms with van der Waals surface area (Å²) in [6.45, 7) is 2.80. The number of ether oxygens (including phenoxy) is 1. The number of fused-ring (bicyclic) bond motifs is 1. The zero-order valence-electron chi connectivity index (χ0n) is 19.6. The molecule has 5 aromatic rings. The number of aryl methyl sites for hydroxylation is 1. The summed E-state index contributed by atoms with van der Waals surface area (Å²) < 4.78 is 11.1. The van der Waals surface area contributed by atoms with E-state index in [0.717, 1.165) is 16.7 Å². The highest BCUT2D eigenvalue weighted by atomic mass is 16.5. The van der Waals surface area contributed by atoms with Crippen molar-refractivity contribution in [3.63, 3.8) is 0 Å². The number of hydrogen-bond donors (Lipinski definition) is 1. The number of rotatable bonds is 7. The molecule has 6 heterocycles. The second-order valence-corrected chi connectivity index (χ2v) is 8.50. The predicted molar refractivity (Wildman–Crippen MR) is 128 cm³/mol. The molecule has 6 rings (SSSR count). The van der Waals surface area contributed by atoms with Crippen molar-refractivity contribution >= 4 is 17.2 Å². The number of aliphatic hydroxyl groups is 1. The molecule has 1 fully saturated rings. The molecule has 1 aliphatic heterocycles. The number of morpholine rings is 1. The van der Waals surface area contributed by atoms with Gasteiger partial charge in [-0.3, -0.25) is 9.36 Å². The standard InChI is InChI=1S/C22H24N12O2/c1-31-11-17(9-26-31)19-10-23-20-21(28-19)34(30-29-20)14-18-13-32(3-5-36-18)22-24-6-15(7-25-22)16-8-27-33(12-16)2-4-35/h6-12,18,35H,2-5,13-14H2,1H3/t18-/m0/s1. The topological polar surface area (TPSA) is 151 Å². The molecule has 0 saturated carbocycles. The zero-order valence-corrected chi connectivity index (χ0v) is 19.6. The molecule has 14 nitrogen and oxygen atoms in total. The van der Waals surface area contributed by atoms with Gasteiger partial charge >= 0.3 is 0 Å². The maximum atomic E-state index is 9.07. The van der Waals surface area contributed by atoms with Gasteiger partial charge in [0.15, 0.2) is 5.65 Å². The van der Waals surface area contributed by atoms with Gasteiger partial charge in [0.1, 0.15) is 0 Å². The lowest BCUT2D eigenvalue weighted by Crippen LogP contribution is -2.45. The predicted octanol–water partition coefficient (Wildman–Crippen LogP) is 0.173. The monoisotopic (exact) mass is 488 g/mol. The van der Waals surface area contributed by atoms with Gasteiger partial charge in [0.2, 0.25) is 11.6 Å². The lowest BCUT2D eigenvalue weighted by molar-refractivity contribution is 0.0273. The van der Waals surface area contributed by atoms with Crippen molar-refractivity contribution in [3.8, 4) is 22.4 Å². The molecule has 1 atom stereocenters. The highest BCUT2D eigenvalue weighted by molar-refractivity contribution is 5.69. The number of hydrogen-bond acceptors (Lipinski definition) is 11. The smallest absolute Gasteiger partial charge is 0.225 e. The average Bonchev–Trinajstić information content (AvgIpc) is 3.65. The summed E-state index contributed by atoms with van der Waals surface area (Å²) in [5.74, 6) is 0.636. The first-order chi connectivity index (χ1) is 17.7. The zero-order chi connectivity index (χ0) is 24.5. The van der Waals surface area contributed by atoms with Crippen molar-refractivity contribution in [2.24, 2.45) is 7.05 Å². The van der Waals surface area contributed by atoms with Crippen LogP contribution in [0.15, 0.2) is 43.4 Å². The molecule has 184 valence electrons. The molecule has 0 unspecified atom stereocenters. The van der Waals surface area contributed by atoms with E-state index in [-0.39, 0.29) is 12.7 Å². The maximum Gasteiger partial charge on any atom is 0.225 e. The van der Waals surface area contributed by atoms with Gasteiger partial charge in [-0.2, -0.15) is 10.2 Å². The molecule has 5 aromatic heterocycles. The van der Waals surface area contributed by atoms with Crippen LogP contribution in [-0.2, 0) is 24.9 Å². The van der Waals surface area contributed by atoms with Crippen LogP contribution >= 0.6 is 0 Å². The summed E-state index contributed by atoms with van der Waals surface area (Å²) in [7, 11) is 1.86. The maximum absolute atomic E-state index is 9.07.